The van der Waals surface area contributed by atoms with Crippen LogP contribution in [-0.2, 0) is 23.9 Å². The summed E-state index contributed by atoms with van der Waals surface area (Å²) in [7, 11) is 0. The van der Waals surface area contributed by atoms with Crippen molar-refractivity contribution in [2.45, 2.75) is 367 Å². The highest BCUT2D eigenvalue weighted by atomic mass is 16.6. The highest BCUT2D eigenvalue weighted by molar-refractivity contribution is 5.94. The molecule has 0 N–H and O–H groups in total. The summed E-state index contributed by atoms with van der Waals surface area (Å²) in [4.78, 5) is 38.1. The van der Waals surface area contributed by atoms with Crippen LogP contribution in [0.5, 0.6) is 0 Å². The summed E-state index contributed by atoms with van der Waals surface area (Å²) in [5.41, 5.74) is 0. The van der Waals surface area contributed by atoms with Crippen molar-refractivity contribution < 1.29 is 23.9 Å². The fourth-order valence-corrected chi connectivity index (χ4v) is 10.1. The zero-order chi connectivity index (χ0) is 51.4. The van der Waals surface area contributed by atoms with Crippen LogP contribution in [0.2, 0.25) is 0 Å². The lowest BCUT2D eigenvalue weighted by Gasteiger charge is -2.15. The molecule has 0 aromatic rings. The topological polar surface area (TPSA) is 69.7 Å². The Morgan fingerprint density at radius 2 is 0.592 bits per heavy atom. The third kappa shape index (κ3) is 57.4. The van der Waals surface area contributed by atoms with Crippen LogP contribution in [0.15, 0.2) is 24.3 Å². The van der Waals surface area contributed by atoms with E-state index in [1.165, 1.54) is 301 Å². The number of carbonyl (C=O) groups excluding carboxylic acids is 3. The van der Waals surface area contributed by atoms with Gasteiger partial charge in [0.15, 0.2) is 17.7 Å². The maximum atomic E-state index is 12.9. The summed E-state index contributed by atoms with van der Waals surface area (Å²) in [5, 5.41) is 0. The minimum atomic E-state index is -0.956. The van der Waals surface area contributed by atoms with Crippen molar-refractivity contribution in [1.82, 2.24) is 0 Å². The van der Waals surface area contributed by atoms with Crippen molar-refractivity contribution in [3.8, 4) is 0 Å². The number of hydrogen-bond acceptors (Lipinski definition) is 5. The van der Waals surface area contributed by atoms with E-state index in [0.29, 0.717) is 12.8 Å². The molecule has 0 rings (SSSR count). The summed E-state index contributed by atoms with van der Waals surface area (Å²) in [6.45, 7) is 6.21. The molecule has 0 aromatic carbocycles. The van der Waals surface area contributed by atoms with Crippen LogP contribution >= 0.6 is 0 Å². The molecule has 71 heavy (non-hydrogen) atoms. The van der Waals surface area contributed by atoms with Crippen LogP contribution in [0.3, 0.4) is 0 Å². The molecule has 0 amide bonds. The molecule has 418 valence electrons. The van der Waals surface area contributed by atoms with E-state index in [1.807, 2.05) is 13.0 Å². The van der Waals surface area contributed by atoms with Gasteiger partial charge in [0, 0.05) is 12.8 Å². The van der Waals surface area contributed by atoms with Gasteiger partial charge in [-0.15, -0.1) is 0 Å². The molecule has 0 aliphatic carbocycles. The molecule has 0 aromatic heterocycles. The van der Waals surface area contributed by atoms with Crippen molar-refractivity contribution in [1.29, 1.82) is 0 Å². The van der Waals surface area contributed by atoms with Gasteiger partial charge >= 0.3 is 5.97 Å². The number of Topliss-reactive ketones (excluding diaryl/α,β-unsaturated/α-hetero) is 1. The molecule has 0 spiro atoms. The van der Waals surface area contributed by atoms with E-state index in [9.17, 15) is 14.4 Å². The van der Waals surface area contributed by atoms with Crippen LogP contribution < -0.4 is 0 Å². The van der Waals surface area contributed by atoms with Crippen LogP contribution in [0.25, 0.3) is 0 Å². The van der Waals surface area contributed by atoms with Crippen molar-refractivity contribution in [2.24, 2.45) is 0 Å². The second-order valence-corrected chi connectivity index (χ2v) is 22.1. The molecule has 0 radical (unpaired) electrons. The highest BCUT2D eigenvalue weighted by Crippen LogP contribution is 2.19. The SMILES string of the molecule is C/C=C/C=C/C(=O)[C@@H](COC(=O)CCCCCCCCCCCCCCCCCCCCCCCCCCCC)OCC(=O)CCCCCCCCCCCCCCCCCCCCCCCCCCC. The fourth-order valence-electron chi connectivity index (χ4n) is 10.1. The molecule has 0 heterocycles. The fraction of sp³-hybridized carbons (Fsp3) is 0.894. The second-order valence-electron chi connectivity index (χ2n) is 22.1. The Bertz CT molecular complexity index is 1140. The first-order valence-corrected chi connectivity index (χ1v) is 32.2. The van der Waals surface area contributed by atoms with Crippen LogP contribution in [0, 0.1) is 0 Å². The number of ketones is 2. The van der Waals surface area contributed by atoms with Crippen molar-refractivity contribution in [3.05, 3.63) is 24.3 Å². The summed E-state index contributed by atoms with van der Waals surface area (Å²) in [5.74, 6) is -0.574. The molecule has 0 saturated heterocycles. The van der Waals surface area contributed by atoms with Crippen molar-refractivity contribution in [2.75, 3.05) is 13.2 Å². The largest absolute Gasteiger partial charge is 0.462 e. The maximum Gasteiger partial charge on any atom is 0.305 e. The number of esters is 1. The zero-order valence-electron chi connectivity index (χ0n) is 48.3. The minimum Gasteiger partial charge on any atom is -0.462 e. The van der Waals surface area contributed by atoms with Gasteiger partial charge in [0.05, 0.1) is 0 Å². The molecule has 0 aliphatic heterocycles. The Kier molecular flexibility index (Phi) is 59.3. The molecular weight excluding hydrogens is 873 g/mol. The number of carbonyl (C=O) groups is 3. The van der Waals surface area contributed by atoms with Gasteiger partial charge in [0.2, 0.25) is 0 Å². The lowest BCUT2D eigenvalue weighted by Crippen LogP contribution is -2.31. The van der Waals surface area contributed by atoms with Crippen molar-refractivity contribution >= 4 is 17.5 Å². The average Bonchev–Trinajstić information content (AvgIpc) is 3.37. The van der Waals surface area contributed by atoms with E-state index in [1.54, 1.807) is 12.2 Å². The van der Waals surface area contributed by atoms with E-state index in [2.05, 4.69) is 13.8 Å². The first-order valence-electron chi connectivity index (χ1n) is 32.2. The molecule has 5 nitrogen and oxygen atoms in total. The van der Waals surface area contributed by atoms with Gasteiger partial charge in [-0.3, -0.25) is 14.4 Å². The molecule has 5 heteroatoms. The monoisotopic (exact) mass is 997 g/mol. The van der Waals surface area contributed by atoms with Gasteiger partial charge in [-0.25, -0.2) is 0 Å². The Morgan fingerprint density at radius 3 is 0.859 bits per heavy atom. The third-order valence-corrected chi connectivity index (χ3v) is 15.0. The molecule has 0 bridgehead atoms. The first-order chi connectivity index (χ1) is 35.0. The van der Waals surface area contributed by atoms with E-state index in [4.69, 9.17) is 9.47 Å². The molecule has 0 unspecified atom stereocenters. The summed E-state index contributed by atoms with van der Waals surface area (Å²) in [6, 6.07) is 0. The van der Waals surface area contributed by atoms with E-state index in [0.717, 1.165) is 32.1 Å². The Labute approximate surface area is 444 Å². The first kappa shape index (κ1) is 69.2. The predicted octanol–water partition coefficient (Wildman–Crippen LogP) is 21.9. The minimum absolute atomic E-state index is 0.00576. The lowest BCUT2D eigenvalue weighted by molar-refractivity contribution is -0.151. The Balaban J connectivity index is 3.74. The number of unbranched alkanes of at least 4 members (excludes halogenated alkanes) is 49. The molecule has 0 fully saturated rings. The van der Waals surface area contributed by atoms with Crippen LogP contribution in [0.1, 0.15) is 361 Å². The Hall–Kier alpha value is -1.75. The van der Waals surface area contributed by atoms with E-state index >= 15 is 0 Å². The smallest absolute Gasteiger partial charge is 0.305 e. The van der Waals surface area contributed by atoms with Gasteiger partial charge in [0.25, 0.3) is 0 Å². The van der Waals surface area contributed by atoms with Gasteiger partial charge in [-0.1, -0.05) is 347 Å². The second kappa shape index (κ2) is 60.8. The summed E-state index contributed by atoms with van der Waals surface area (Å²) in [6.07, 6.45) is 75.9. The van der Waals surface area contributed by atoms with Gasteiger partial charge in [-0.05, 0) is 25.8 Å². The van der Waals surface area contributed by atoms with Gasteiger partial charge in [0.1, 0.15) is 13.2 Å². The van der Waals surface area contributed by atoms with Gasteiger partial charge < -0.3 is 9.47 Å². The number of ether oxygens (including phenoxy) is 2. The average molecular weight is 998 g/mol. The summed E-state index contributed by atoms with van der Waals surface area (Å²) < 4.78 is 11.3. The number of allylic oxidation sites excluding steroid dienone is 3. The normalized spacial score (nSPS) is 12.2. The predicted molar refractivity (Wildman–Crippen MR) is 311 cm³/mol. The van der Waals surface area contributed by atoms with E-state index in [-0.39, 0.29) is 30.7 Å². The molecular formula is C66H124O5. The Morgan fingerprint density at radius 1 is 0.338 bits per heavy atom. The third-order valence-electron chi connectivity index (χ3n) is 15.0. The zero-order valence-corrected chi connectivity index (χ0v) is 48.3. The molecule has 1 atom stereocenters. The summed E-state index contributed by atoms with van der Waals surface area (Å²) >= 11 is 0. The standard InChI is InChI=1S/C66H124O5/c1-4-7-10-12-14-16-18-20-22-24-26-28-30-32-34-36-38-40-42-44-46-48-50-52-54-57-60-66(69)71-62-65(64(68)59-55-9-6-3)70-61-63(67)58-56-53-51-49-47-45-43-41-39-37-35-33-31-29-27-25-23-21-19-17-15-13-11-8-5-2/h6,9,55,59,65H,4-5,7-8,10-54,56-58,60-62H2,1-3H3/b9-6+,59-55+/t65-/m1/s1. The lowest BCUT2D eigenvalue weighted by atomic mass is 10.0. The van der Waals surface area contributed by atoms with Crippen LogP contribution in [0.4, 0.5) is 0 Å². The van der Waals surface area contributed by atoms with Crippen molar-refractivity contribution in [3.63, 3.8) is 0 Å². The van der Waals surface area contributed by atoms with Crippen LogP contribution in [-0.4, -0.2) is 36.9 Å². The van der Waals surface area contributed by atoms with E-state index < -0.39 is 6.10 Å². The number of hydrogen-bond donors (Lipinski definition) is 0. The molecule has 0 saturated carbocycles. The highest BCUT2D eigenvalue weighted by Gasteiger charge is 2.20. The molecule has 0 aliphatic rings. The maximum absolute atomic E-state index is 12.9. The number of rotatable bonds is 61. The van der Waals surface area contributed by atoms with Gasteiger partial charge in [-0.2, -0.15) is 0 Å². The quantitative estimate of drug-likeness (QED) is 0.0263.